The van der Waals surface area contributed by atoms with Crippen molar-refractivity contribution in [1.29, 1.82) is 0 Å². The van der Waals surface area contributed by atoms with Crippen molar-refractivity contribution in [2.24, 2.45) is 5.73 Å². The van der Waals surface area contributed by atoms with Gasteiger partial charge in [0, 0.05) is 23.3 Å². The van der Waals surface area contributed by atoms with E-state index in [0.717, 1.165) is 44.3 Å². The molecule has 0 bridgehead atoms. The Balaban J connectivity index is 2.28. The Labute approximate surface area is 159 Å². The number of benzene rings is 2. The number of allylic oxidation sites excluding steroid dienone is 4. The summed E-state index contributed by atoms with van der Waals surface area (Å²) in [6.07, 6.45) is 9.02. The van der Waals surface area contributed by atoms with Crippen LogP contribution in [0, 0.1) is 0 Å². The molecule has 27 heavy (non-hydrogen) atoms. The summed E-state index contributed by atoms with van der Waals surface area (Å²) in [4.78, 5) is 8.61. The molecule has 1 heterocycles. The van der Waals surface area contributed by atoms with E-state index in [4.69, 9.17) is 11.5 Å². The highest BCUT2D eigenvalue weighted by atomic mass is 15.0. The van der Waals surface area contributed by atoms with Crippen LogP contribution < -0.4 is 11.5 Å². The van der Waals surface area contributed by atoms with E-state index in [9.17, 15) is 0 Å². The van der Waals surface area contributed by atoms with Gasteiger partial charge in [-0.2, -0.15) is 0 Å². The summed E-state index contributed by atoms with van der Waals surface area (Å²) in [6, 6.07) is 12.2. The van der Waals surface area contributed by atoms with Gasteiger partial charge in [0.2, 0.25) is 5.95 Å². The molecule has 0 aliphatic heterocycles. The molecule has 0 saturated carbocycles. The monoisotopic (exact) mass is 354 g/mol. The van der Waals surface area contributed by atoms with Crippen molar-refractivity contribution in [3.8, 4) is 11.1 Å². The average Bonchev–Trinajstić information content (AvgIpc) is 2.67. The lowest BCUT2D eigenvalue weighted by Crippen LogP contribution is -1.97. The minimum absolute atomic E-state index is 0.244. The highest BCUT2D eigenvalue weighted by Crippen LogP contribution is 2.32. The molecule has 0 aliphatic rings. The molecule has 3 aromatic rings. The van der Waals surface area contributed by atoms with Crippen LogP contribution in [0.25, 0.3) is 33.7 Å². The molecule has 0 aliphatic carbocycles. The average molecular weight is 354 g/mol. The molecule has 4 nitrogen and oxygen atoms in total. The van der Waals surface area contributed by atoms with E-state index in [-0.39, 0.29) is 5.95 Å². The zero-order valence-electron chi connectivity index (χ0n) is 15.3. The first-order chi connectivity index (χ1) is 13.0. The van der Waals surface area contributed by atoms with Crippen molar-refractivity contribution in [3.05, 3.63) is 90.8 Å². The van der Waals surface area contributed by atoms with Crippen LogP contribution >= 0.6 is 0 Å². The Morgan fingerprint density at radius 3 is 2.67 bits per heavy atom. The SMILES string of the molecule is C=Cc1cccc(-c2cc(C(/C=C\C(=C)C)=C/N)cc3cnc(N)nc23)c1. The highest BCUT2D eigenvalue weighted by molar-refractivity contribution is 5.97. The number of anilines is 1. The molecule has 1 aromatic heterocycles. The van der Waals surface area contributed by atoms with Gasteiger partial charge >= 0.3 is 0 Å². The van der Waals surface area contributed by atoms with Gasteiger partial charge in [-0.1, -0.05) is 55.2 Å². The lowest BCUT2D eigenvalue weighted by molar-refractivity contribution is 1.24. The number of nitrogens with zero attached hydrogens (tertiary/aromatic N) is 2. The number of hydrogen-bond acceptors (Lipinski definition) is 4. The predicted molar refractivity (Wildman–Crippen MR) is 116 cm³/mol. The second kappa shape index (κ2) is 7.70. The van der Waals surface area contributed by atoms with Crippen molar-refractivity contribution in [3.63, 3.8) is 0 Å². The summed E-state index contributed by atoms with van der Waals surface area (Å²) in [7, 11) is 0. The zero-order valence-corrected chi connectivity index (χ0v) is 15.3. The molecule has 0 saturated heterocycles. The molecule has 0 amide bonds. The largest absolute Gasteiger partial charge is 0.404 e. The van der Waals surface area contributed by atoms with Crippen LogP contribution in [0.2, 0.25) is 0 Å². The van der Waals surface area contributed by atoms with Gasteiger partial charge in [0.25, 0.3) is 0 Å². The number of nitrogens with two attached hydrogens (primary N) is 2. The molecular formula is C23H22N4. The number of fused-ring (bicyclic) bond motifs is 1. The molecule has 2 aromatic carbocycles. The van der Waals surface area contributed by atoms with Crippen LogP contribution in [0.1, 0.15) is 18.1 Å². The normalized spacial score (nSPS) is 11.8. The van der Waals surface area contributed by atoms with Crippen molar-refractivity contribution < 1.29 is 0 Å². The van der Waals surface area contributed by atoms with E-state index in [0.29, 0.717) is 0 Å². The number of rotatable bonds is 5. The third-order valence-electron chi connectivity index (χ3n) is 4.20. The first-order valence-corrected chi connectivity index (χ1v) is 8.57. The second-order valence-electron chi connectivity index (χ2n) is 6.32. The third kappa shape index (κ3) is 3.96. The minimum atomic E-state index is 0.244. The standard InChI is InChI=1S/C23H22N4/c1-4-16-6-5-7-17(10-16)21-12-19(18(13-24)9-8-15(2)3)11-20-14-26-23(25)27-22(20)21/h4-14H,1-2,24H2,3H3,(H2,25,26,27)/b9-8-,18-13+. The van der Waals surface area contributed by atoms with E-state index in [1.807, 2.05) is 49.4 Å². The number of hydrogen-bond donors (Lipinski definition) is 2. The molecular weight excluding hydrogens is 332 g/mol. The molecule has 4 N–H and O–H groups in total. The maximum absolute atomic E-state index is 5.89. The first kappa shape index (κ1) is 18.1. The fourth-order valence-electron chi connectivity index (χ4n) is 2.86. The van der Waals surface area contributed by atoms with Crippen LogP contribution in [-0.2, 0) is 0 Å². The molecule has 3 rings (SSSR count). The fraction of sp³-hybridized carbons (Fsp3) is 0.0435. The van der Waals surface area contributed by atoms with E-state index < -0.39 is 0 Å². The number of nitrogen functional groups attached to an aromatic ring is 1. The minimum Gasteiger partial charge on any atom is -0.404 e. The smallest absolute Gasteiger partial charge is 0.220 e. The van der Waals surface area contributed by atoms with Crippen molar-refractivity contribution in [2.75, 3.05) is 5.73 Å². The summed E-state index contributed by atoms with van der Waals surface area (Å²) >= 11 is 0. The fourth-order valence-corrected chi connectivity index (χ4v) is 2.86. The molecule has 134 valence electrons. The molecule has 0 spiro atoms. The Hall–Kier alpha value is -3.66. The van der Waals surface area contributed by atoms with E-state index in [2.05, 4.69) is 35.3 Å². The zero-order chi connectivity index (χ0) is 19.4. The van der Waals surface area contributed by atoms with Crippen LogP contribution in [-0.4, -0.2) is 9.97 Å². The van der Waals surface area contributed by atoms with Gasteiger partial charge in [-0.3, -0.25) is 0 Å². The summed E-state index contributed by atoms with van der Waals surface area (Å²) in [6.45, 7) is 9.69. The highest BCUT2D eigenvalue weighted by Gasteiger charge is 2.11. The van der Waals surface area contributed by atoms with E-state index in [1.54, 1.807) is 12.4 Å². The summed E-state index contributed by atoms with van der Waals surface area (Å²) in [5.74, 6) is 0.244. The van der Waals surface area contributed by atoms with Gasteiger partial charge < -0.3 is 11.5 Å². The maximum Gasteiger partial charge on any atom is 0.220 e. The molecule has 0 unspecified atom stereocenters. The second-order valence-corrected chi connectivity index (χ2v) is 6.32. The van der Waals surface area contributed by atoms with Crippen molar-refractivity contribution in [1.82, 2.24) is 9.97 Å². The van der Waals surface area contributed by atoms with Crippen LogP contribution in [0.5, 0.6) is 0 Å². The Morgan fingerprint density at radius 1 is 1.15 bits per heavy atom. The van der Waals surface area contributed by atoms with Crippen LogP contribution in [0.15, 0.2) is 79.7 Å². The van der Waals surface area contributed by atoms with Crippen molar-refractivity contribution >= 4 is 28.5 Å². The topological polar surface area (TPSA) is 77.8 Å². The van der Waals surface area contributed by atoms with E-state index >= 15 is 0 Å². The lowest BCUT2D eigenvalue weighted by Gasteiger charge is -2.12. The first-order valence-electron chi connectivity index (χ1n) is 8.57. The van der Waals surface area contributed by atoms with Crippen molar-refractivity contribution in [2.45, 2.75) is 6.92 Å². The third-order valence-corrected chi connectivity index (χ3v) is 4.20. The van der Waals surface area contributed by atoms with Gasteiger partial charge in [-0.25, -0.2) is 9.97 Å². The molecule has 0 atom stereocenters. The van der Waals surface area contributed by atoms with Crippen LogP contribution in [0.3, 0.4) is 0 Å². The van der Waals surface area contributed by atoms with Gasteiger partial charge in [-0.15, -0.1) is 0 Å². The lowest BCUT2D eigenvalue weighted by atomic mass is 9.95. The van der Waals surface area contributed by atoms with E-state index in [1.165, 1.54) is 0 Å². The maximum atomic E-state index is 5.89. The van der Waals surface area contributed by atoms with Gasteiger partial charge in [-0.05, 0) is 47.4 Å². The quantitative estimate of drug-likeness (QED) is 0.635. The predicted octanol–water partition coefficient (Wildman–Crippen LogP) is 4.95. The summed E-state index contributed by atoms with van der Waals surface area (Å²) in [5, 5.41) is 0.892. The Kier molecular flexibility index (Phi) is 5.18. The Bertz CT molecular complexity index is 1090. The summed E-state index contributed by atoms with van der Waals surface area (Å²) in [5.41, 5.74) is 18.3. The molecule has 0 fully saturated rings. The van der Waals surface area contributed by atoms with Crippen LogP contribution in [0.4, 0.5) is 5.95 Å². The Morgan fingerprint density at radius 2 is 1.96 bits per heavy atom. The summed E-state index contributed by atoms with van der Waals surface area (Å²) < 4.78 is 0. The van der Waals surface area contributed by atoms with Gasteiger partial charge in [0.15, 0.2) is 0 Å². The molecule has 0 radical (unpaired) electrons. The van der Waals surface area contributed by atoms with Gasteiger partial charge in [0.05, 0.1) is 5.52 Å². The number of aromatic nitrogens is 2. The molecule has 4 heteroatoms. The van der Waals surface area contributed by atoms with Gasteiger partial charge in [0.1, 0.15) is 0 Å².